The molecule has 0 unspecified atom stereocenters. The average Bonchev–Trinajstić information content (AvgIpc) is 3.11. The van der Waals surface area contributed by atoms with Gasteiger partial charge in [0.2, 0.25) is 5.91 Å². The van der Waals surface area contributed by atoms with Gasteiger partial charge in [-0.15, -0.1) is 0 Å². The van der Waals surface area contributed by atoms with Gasteiger partial charge in [-0.2, -0.15) is 0 Å². The van der Waals surface area contributed by atoms with E-state index >= 15 is 0 Å². The van der Waals surface area contributed by atoms with Gasteiger partial charge < -0.3 is 15.0 Å². The number of ether oxygens (including phenoxy) is 1. The van der Waals surface area contributed by atoms with Crippen molar-refractivity contribution in [3.05, 3.63) is 29.8 Å². The van der Waals surface area contributed by atoms with E-state index in [1.54, 1.807) is 0 Å². The van der Waals surface area contributed by atoms with Gasteiger partial charge in [0.15, 0.2) is 0 Å². The molecule has 5 atom stereocenters. The summed E-state index contributed by atoms with van der Waals surface area (Å²) in [6, 6.07) is 8.88. The molecule has 0 radical (unpaired) electrons. The largest absolute Gasteiger partial charge is 0.378 e. The number of aryl methyl sites for hydroxylation is 1. The molecule has 136 valence electrons. The summed E-state index contributed by atoms with van der Waals surface area (Å²) in [6.07, 6.45) is 7.18. The third-order valence-corrected chi connectivity index (χ3v) is 6.38. The van der Waals surface area contributed by atoms with Crippen LogP contribution in [0.5, 0.6) is 0 Å². The Bertz CT molecular complexity index is 632. The Morgan fingerprint density at radius 3 is 2.96 bits per heavy atom. The van der Waals surface area contributed by atoms with Crippen LogP contribution in [0.3, 0.4) is 0 Å². The monoisotopic (exact) mass is 342 g/mol. The van der Waals surface area contributed by atoms with Gasteiger partial charge in [0, 0.05) is 30.3 Å². The molecule has 2 aliphatic heterocycles. The highest BCUT2D eigenvalue weighted by Gasteiger charge is 2.39. The maximum Gasteiger partial charge on any atom is 0.244 e. The second-order valence-electron chi connectivity index (χ2n) is 8.01. The Morgan fingerprint density at radius 1 is 1.24 bits per heavy atom. The summed E-state index contributed by atoms with van der Waals surface area (Å²) < 4.78 is 5.87. The Kier molecular flexibility index (Phi) is 4.83. The van der Waals surface area contributed by atoms with Gasteiger partial charge in [0.1, 0.15) is 0 Å². The highest BCUT2D eigenvalue weighted by atomic mass is 16.5. The van der Waals surface area contributed by atoms with Crippen molar-refractivity contribution in [2.75, 3.05) is 11.5 Å². The van der Waals surface area contributed by atoms with E-state index in [4.69, 9.17) is 4.74 Å². The number of nitrogens with one attached hydrogen (secondary N) is 1. The van der Waals surface area contributed by atoms with Crippen LogP contribution in [0.25, 0.3) is 0 Å². The maximum atomic E-state index is 13.3. The molecule has 4 rings (SSSR count). The van der Waals surface area contributed by atoms with E-state index in [0.717, 1.165) is 38.0 Å². The van der Waals surface area contributed by atoms with Crippen LogP contribution in [0.2, 0.25) is 0 Å². The number of para-hydroxylation sites is 1. The van der Waals surface area contributed by atoms with Gasteiger partial charge >= 0.3 is 0 Å². The predicted octanol–water partition coefficient (Wildman–Crippen LogP) is 3.29. The van der Waals surface area contributed by atoms with Gasteiger partial charge in [-0.1, -0.05) is 18.2 Å². The molecule has 0 bridgehead atoms. The number of hydrogen-bond donors (Lipinski definition) is 1. The van der Waals surface area contributed by atoms with Crippen molar-refractivity contribution in [1.29, 1.82) is 0 Å². The topological polar surface area (TPSA) is 41.6 Å². The fourth-order valence-electron chi connectivity index (χ4n) is 5.01. The molecule has 4 heteroatoms. The Hall–Kier alpha value is -1.39. The normalized spacial score (nSPS) is 32.8. The van der Waals surface area contributed by atoms with Crippen LogP contribution in [0, 0.1) is 5.92 Å². The summed E-state index contributed by atoms with van der Waals surface area (Å²) in [7, 11) is 0. The van der Waals surface area contributed by atoms with E-state index in [-0.39, 0.29) is 18.0 Å². The van der Waals surface area contributed by atoms with Crippen LogP contribution >= 0.6 is 0 Å². The summed E-state index contributed by atoms with van der Waals surface area (Å²) in [5, 5.41) is 3.67. The fraction of sp³-hybridized carbons (Fsp3) is 0.667. The first kappa shape index (κ1) is 17.0. The highest BCUT2D eigenvalue weighted by molar-refractivity contribution is 5.98. The van der Waals surface area contributed by atoms with Gasteiger partial charge in [0.05, 0.1) is 12.1 Å². The minimum atomic E-state index is -0.155. The summed E-state index contributed by atoms with van der Waals surface area (Å²) in [5.74, 6) is 0.788. The molecule has 2 heterocycles. The Labute approximate surface area is 150 Å². The fourth-order valence-corrected chi connectivity index (χ4v) is 5.01. The molecule has 1 saturated carbocycles. The van der Waals surface area contributed by atoms with E-state index in [1.807, 2.05) is 17.9 Å². The van der Waals surface area contributed by atoms with Crippen LogP contribution in [-0.4, -0.2) is 36.7 Å². The summed E-state index contributed by atoms with van der Waals surface area (Å²) in [6.45, 7) is 5.08. The molecule has 0 spiro atoms. The first-order valence-corrected chi connectivity index (χ1v) is 9.94. The quantitative estimate of drug-likeness (QED) is 0.916. The van der Waals surface area contributed by atoms with Crippen molar-refractivity contribution in [3.8, 4) is 0 Å². The number of hydrogen-bond acceptors (Lipinski definition) is 3. The lowest BCUT2D eigenvalue weighted by Crippen LogP contribution is -2.55. The lowest BCUT2D eigenvalue weighted by Gasteiger charge is -2.39. The second-order valence-corrected chi connectivity index (χ2v) is 8.01. The Morgan fingerprint density at radius 2 is 2.08 bits per heavy atom. The number of anilines is 1. The zero-order valence-corrected chi connectivity index (χ0v) is 15.4. The number of fused-ring (bicyclic) bond motifs is 2. The van der Waals surface area contributed by atoms with Crippen LogP contribution in [-0.2, 0) is 16.0 Å². The van der Waals surface area contributed by atoms with Crippen molar-refractivity contribution < 1.29 is 9.53 Å². The smallest absolute Gasteiger partial charge is 0.244 e. The van der Waals surface area contributed by atoms with Gasteiger partial charge in [-0.25, -0.2) is 0 Å². The number of carbonyl (C=O) groups excluding carboxylic acids is 1. The molecular formula is C21H30N2O2. The highest BCUT2D eigenvalue weighted by Crippen LogP contribution is 2.35. The minimum Gasteiger partial charge on any atom is -0.378 e. The summed E-state index contributed by atoms with van der Waals surface area (Å²) >= 11 is 0. The van der Waals surface area contributed by atoms with E-state index < -0.39 is 0 Å². The SMILES string of the molecule is C[C@H](N[C@@H]1CCC[C@@H]2OCC[C@@H]21)C(=O)N1c2ccccc2CC[C@@H]1C. The van der Waals surface area contributed by atoms with E-state index in [9.17, 15) is 4.79 Å². The number of carbonyl (C=O) groups is 1. The lowest BCUT2D eigenvalue weighted by atomic mass is 9.81. The van der Waals surface area contributed by atoms with Crippen molar-refractivity contribution in [2.24, 2.45) is 5.92 Å². The molecule has 4 nitrogen and oxygen atoms in total. The van der Waals surface area contributed by atoms with Crippen LogP contribution in [0.1, 0.15) is 51.5 Å². The predicted molar refractivity (Wildman–Crippen MR) is 99.8 cm³/mol. The zero-order chi connectivity index (χ0) is 17.4. The van der Waals surface area contributed by atoms with E-state index in [0.29, 0.717) is 18.1 Å². The third kappa shape index (κ3) is 3.22. The molecule has 1 aromatic carbocycles. The van der Waals surface area contributed by atoms with Gasteiger partial charge in [-0.3, -0.25) is 4.79 Å². The average molecular weight is 342 g/mol. The van der Waals surface area contributed by atoms with Crippen LogP contribution in [0.4, 0.5) is 5.69 Å². The zero-order valence-electron chi connectivity index (χ0n) is 15.4. The maximum absolute atomic E-state index is 13.3. The third-order valence-electron chi connectivity index (χ3n) is 6.38. The molecule has 2 fully saturated rings. The number of rotatable bonds is 3. The Balaban J connectivity index is 1.48. The summed E-state index contributed by atoms with van der Waals surface area (Å²) in [5.41, 5.74) is 2.40. The lowest BCUT2D eigenvalue weighted by molar-refractivity contribution is -0.121. The van der Waals surface area contributed by atoms with Gasteiger partial charge in [0.25, 0.3) is 0 Å². The molecule has 1 saturated heterocycles. The van der Waals surface area contributed by atoms with E-state index in [1.165, 1.54) is 18.4 Å². The first-order chi connectivity index (χ1) is 12.1. The van der Waals surface area contributed by atoms with E-state index in [2.05, 4.69) is 30.4 Å². The molecule has 3 aliphatic rings. The van der Waals surface area contributed by atoms with Crippen molar-refractivity contribution in [1.82, 2.24) is 5.32 Å². The summed E-state index contributed by atoms with van der Waals surface area (Å²) in [4.78, 5) is 15.3. The standard InChI is InChI=1S/C21H30N2O2/c1-14-10-11-16-6-3-4-8-19(16)23(14)21(24)15(2)22-18-7-5-9-20-17(18)12-13-25-20/h3-4,6,8,14-15,17-18,20,22H,5,7,9-13H2,1-2H3/t14-,15-,17+,18+,20-/m0/s1. The molecule has 1 aliphatic carbocycles. The molecular weight excluding hydrogens is 312 g/mol. The van der Waals surface area contributed by atoms with Gasteiger partial charge in [-0.05, 0) is 64.0 Å². The van der Waals surface area contributed by atoms with Crippen molar-refractivity contribution in [2.45, 2.75) is 76.6 Å². The van der Waals surface area contributed by atoms with Crippen LogP contribution in [0.15, 0.2) is 24.3 Å². The second kappa shape index (κ2) is 7.08. The van der Waals surface area contributed by atoms with Crippen molar-refractivity contribution in [3.63, 3.8) is 0 Å². The minimum absolute atomic E-state index is 0.155. The van der Waals surface area contributed by atoms with Crippen molar-refractivity contribution >= 4 is 11.6 Å². The number of nitrogens with zero attached hydrogens (tertiary/aromatic N) is 1. The molecule has 1 amide bonds. The first-order valence-electron chi connectivity index (χ1n) is 9.94. The molecule has 1 aromatic rings. The molecule has 25 heavy (non-hydrogen) atoms. The van der Waals surface area contributed by atoms with Crippen LogP contribution < -0.4 is 10.2 Å². The number of benzene rings is 1. The molecule has 1 N–H and O–H groups in total. The number of amides is 1. The molecule has 0 aromatic heterocycles.